The highest BCUT2D eigenvalue weighted by atomic mass is 32.2. The van der Waals surface area contributed by atoms with Crippen molar-refractivity contribution in [3.63, 3.8) is 0 Å². The number of nitrogens with one attached hydrogen (secondary N) is 1. The van der Waals surface area contributed by atoms with Crippen LogP contribution in [0.1, 0.15) is 5.89 Å². The number of halogens is 1. The highest BCUT2D eigenvalue weighted by Crippen LogP contribution is 2.21. The molecule has 0 amide bonds. The average molecular weight is 364 g/mol. The van der Waals surface area contributed by atoms with Crippen molar-refractivity contribution < 1.29 is 22.1 Å². The van der Waals surface area contributed by atoms with Gasteiger partial charge >= 0.3 is 0 Å². The van der Waals surface area contributed by atoms with E-state index in [1.807, 2.05) is 0 Å². The fraction of sp³-hybridized carbons (Fsp3) is 0.133. The van der Waals surface area contributed by atoms with Crippen LogP contribution in [0.3, 0.4) is 0 Å². The second-order valence-corrected chi connectivity index (χ2v) is 6.64. The van der Waals surface area contributed by atoms with Crippen molar-refractivity contribution in [2.24, 2.45) is 0 Å². The summed E-state index contributed by atoms with van der Waals surface area (Å²) in [5.74, 6) is -0.433. The van der Waals surface area contributed by atoms with Gasteiger partial charge in [-0.25, -0.2) is 17.5 Å². The van der Waals surface area contributed by atoms with Gasteiger partial charge < -0.3 is 9.26 Å². The van der Waals surface area contributed by atoms with Crippen LogP contribution in [0.5, 0.6) is 5.75 Å². The zero-order valence-corrected chi connectivity index (χ0v) is 13.8. The van der Waals surface area contributed by atoms with E-state index in [-0.39, 0.29) is 23.1 Å². The van der Waals surface area contributed by atoms with Gasteiger partial charge in [0, 0.05) is 18.0 Å². The summed E-state index contributed by atoms with van der Waals surface area (Å²) < 4.78 is 50.2. The van der Waals surface area contributed by atoms with Gasteiger partial charge in [0.05, 0.1) is 18.6 Å². The number of ether oxygens (including phenoxy) is 1. The minimum absolute atomic E-state index is 0.0437. The maximum absolute atomic E-state index is 13.7. The Hall–Kier alpha value is -2.85. The zero-order chi connectivity index (χ0) is 17.9. The minimum atomic E-state index is -3.94. The molecule has 2 aromatic heterocycles. The van der Waals surface area contributed by atoms with Gasteiger partial charge in [0.15, 0.2) is 11.6 Å². The summed E-state index contributed by atoms with van der Waals surface area (Å²) >= 11 is 0. The highest BCUT2D eigenvalue weighted by molar-refractivity contribution is 7.89. The van der Waals surface area contributed by atoms with Crippen molar-refractivity contribution in [3.8, 4) is 17.1 Å². The first-order chi connectivity index (χ1) is 12.0. The van der Waals surface area contributed by atoms with Crippen LogP contribution in [-0.2, 0) is 16.6 Å². The number of nitrogens with zero attached hydrogens (tertiary/aromatic N) is 3. The van der Waals surface area contributed by atoms with E-state index in [0.29, 0.717) is 11.4 Å². The van der Waals surface area contributed by atoms with Crippen molar-refractivity contribution in [1.29, 1.82) is 0 Å². The Kier molecular flexibility index (Phi) is 4.72. The Bertz CT molecular complexity index is 976. The normalized spacial score (nSPS) is 11.4. The second kappa shape index (κ2) is 6.95. The maximum Gasteiger partial charge on any atom is 0.242 e. The van der Waals surface area contributed by atoms with Gasteiger partial charge in [-0.05, 0) is 30.3 Å². The lowest BCUT2D eigenvalue weighted by molar-refractivity contribution is 0.375. The van der Waals surface area contributed by atoms with Crippen molar-refractivity contribution in [3.05, 3.63) is 54.4 Å². The van der Waals surface area contributed by atoms with Crippen LogP contribution in [0.25, 0.3) is 11.4 Å². The summed E-state index contributed by atoms with van der Waals surface area (Å²) in [5.41, 5.74) is 0.685. The summed E-state index contributed by atoms with van der Waals surface area (Å²) in [6, 6.07) is 6.73. The summed E-state index contributed by atoms with van der Waals surface area (Å²) in [4.78, 5) is 7.74. The van der Waals surface area contributed by atoms with Gasteiger partial charge in [-0.15, -0.1) is 0 Å². The lowest BCUT2D eigenvalue weighted by atomic mass is 10.2. The molecule has 130 valence electrons. The first-order valence-electron chi connectivity index (χ1n) is 7.06. The number of hydrogen-bond donors (Lipinski definition) is 1. The number of rotatable bonds is 6. The molecule has 2 heterocycles. The van der Waals surface area contributed by atoms with E-state index in [2.05, 4.69) is 19.8 Å². The minimum Gasteiger partial charge on any atom is -0.494 e. The fourth-order valence-corrected chi connectivity index (χ4v) is 2.99. The molecule has 25 heavy (non-hydrogen) atoms. The molecular weight excluding hydrogens is 351 g/mol. The molecule has 0 fully saturated rings. The van der Waals surface area contributed by atoms with Crippen molar-refractivity contribution >= 4 is 10.0 Å². The summed E-state index contributed by atoms with van der Waals surface area (Å²) in [6.07, 6.45) is 3.15. The Balaban J connectivity index is 1.72. The molecule has 1 N–H and O–H groups in total. The van der Waals surface area contributed by atoms with Crippen LogP contribution in [0.2, 0.25) is 0 Å². The second-order valence-electron chi connectivity index (χ2n) is 4.87. The van der Waals surface area contributed by atoms with Gasteiger partial charge in [0.2, 0.25) is 21.7 Å². The van der Waals surface area contributed by atoms with Crippen LogP contribution >= 0.6 is 0 Å². The number of methoxy groups -OCH3 is 1. The zero-order valence-electron chi connectivity index (χ0n) is 13.0. The third kappa shape index (κ3) is 3.80. The van der Waals surface area contributed by atoms with Crippen molar-refractivity contribution in [2.45, 2.75) is 11.4 Å². The molecule has 8 nitrogen and oxygen atoms in total. The summed E-state index contributed by atoms with van der Waals surface area (Å²) in [7, 11) is -2.65. The molecule has 0 unspecified atom stereocenters. The Morgan fingerprint density at radius 3 is 2.68 bits per heavy atom. The Morgan fingerprint density at radius 2 is 2.00 bits per heavy atom. The summed E-state index contributed by atoms with van der Waals surface area (Å²) in [5, 5.41) is 3.77. The molecule has 0 saturated heterocycles. The Labute approximate surface area is 142 Å². The van der Waals surface area contributed by atoms with E-state index >= 15 is 0 Å². The first kappa shape index (κ1) is 17.0. The molecule has 0 saturated carbocycles. The SMILES string of the molecule is COc1ccc(S(=O)(=O)NCc2nc(-c3ccncc3)no2)cc1F. The van der Waals surface area contributed by atoms with Crippen LogP contribution in [0.15, 0.2) is 52.1 Å². The smallest absolute Gasteiger partial charge is 0.242 e. The molecule has 0 bridgehead atoms. The van der Waals surface area contributed by atoms with Crippen molar-refractivity contribution in [2.75, 3.05) is 7.11 Å². The van der Waals surface area contributed by atoms with E-state index < -0.39 is 15.8 Å². The molecule has 0 aliphatic carbocycles. The van der Waals surface area contributed by atoms with Crippen LogP contribution in [0, 0.1) is 5.82 Å². The molecule has 1 aromatic carbocycles. The third-order valence-electron chi connectivity index (χ3n) is 3.25. The molecule has 3 aromatic rings. The van der Waals surface area contributed by atoms with Crippen LogP contribution < -0.4 is 9.46 Å². The monoisotopic (exact) mass is 364 g/mol. The molecule has 10 heteroatoms. The lowest BCUT2D eigenvalue weighted by Gasteiger charge is -2.06. The number of sulfonamides is 1. The van der Waals surface area contributed by atoms with Crippen LogP contribution in [0.4, 0.5) is 4.39 Å². The average Bonchev–Trinajstić information content (AvgIpc) is 3.10. The number of benzene rings is 1. The molecule has 0 aliphatic rings. The van der Waals surface area contributed by atoms with E-state index in [0.717, 1.165) is 6.07 Å². The maximum atomic E-state index is 13.7. The van der Waals surface area contributed by atoms with Gasteiger partial charge in [-0.2, -0.15) is 4.98 Å². The topological polar surface area (TPSA) is 107 Å². The molecule has 0 atom stereocenters. The van der Waals surface area contributed by atoms with Gasteiger partial charge in [0.25, 0.3) is 0 Å². The van der Waals surface area contributed by atoms with Crippen molar-refractivity contribution in [1.82, 2.24) is 19.8 Å². The van der Waals surface area contributed by atoms with E-state index in [9.17, 15) is 12.8 Å². The quantitative estimate of drug-likeness (QED) is 0.710. The first-order valence-corrected chi connectivity index (χ1v) is 8.54. The largest absolute Gasteiger partial charge is 0.494 e. The van der Waals surface area contributed by atoms with Crippen LogP contribution in [-0.4, -0.2) is 30.7 Å². The molecule has 3 rings (SSSR count). The molecule has 0 spiro atoms. The predicted octanol–water partition coefficient (Wildman–Crippen LogP) is 1.76. The van der Waals surface area contributed by atoms with Gasteiger partial charge in [-0.3, -0.25) is 4.98 Å². The number of pyridine rings is 1. The third-order valence-corrected chi connectivity index (χ3v) is 4.65. The van der Waals surface area contributed by atoms with E-state index in [1.54, 1.807) is 24.5 Å². The molecule has 0 radical (unpaired) electrons. The number of hydrogen-bond acceptors (Lipinski definition) is 7. The highest BCUT2D eigenvalue weighted by Gasteiger charge is 2.18. The fourth-order valence-electron chi connectivity index (χ4n) is 2.00. The predicted molar refractivity (Wildman–Crippen MR) is 84.5 cm³/mol. The standard InChI is InChI=1S/C15H13FN4O4S/c1-23-13-3-2-11(8-12(13)16)25(21,22)18-9-14-19-15(20-24-14)10-4-6-17-7-5-10/h2-8,18H,9H2,1H3. The van der Waals surface area contributed by atoms with E-state index in [1.165, 1.54) is 19.2 Å². The molecule has 0 aliphatic heterocycles. The Morgan fingerprint density at radius 1 is 1.24 bits per heavy atom. The van der Waals surface area contributed by atoms with Gasteiger partial charge in [0.1, 0.15) is 0 Å². The summed E-state index contributed by atoms with van der Waals surface area (Å²) in [6.45, 7) is -0.228. The molecular formula is C15H13FN4O4S. The lowest BCUT2D eigenvalue weighted by Crippen LogP contribution is -2.23. The number of aromatic nitrogens is 3. The van der Waals surface area contributed by atoms with E-state index in [4.69, 9.17) is 9.26 Å². The van der Waals surface area contributed by atoms with Gasteiger partial charge in [-0.1, -0.05) is 5.16 Å².